The molecule has 6 nitrogen and oxygen atoms in total. The number of nitrogens with zero attached hydrogens (tertiary/aromatic N) is 1. The van der Waals surface area contributed by atoms with Crippen LogP contribution < -0.4 is 4.74 Å². The standard InChI is InChI=1S/C16H21NO5/c1-20-13-4-2-12(3-5-13)10-17-7-6-14(15(18)19)16(11-17)21-8-9-22-16/h2-5,14H,6-11H2,1H3,(H,18,19)/i11D2. The Kier molecular flexibility index (Phi) is 3.65. The largest absolute Gasteiger partial charge is 0.497 e. The topological polar surface area (TPSA) is 68.2 Å². The van der Waals surface area contributed by atoms with E-state index in [9.17, 15) is 9.90 Å². The van der Waals surface area contributed by atoms with Gasteiger partial charge in [0.1, 0.15) is 11.7 Å². The minimum atomic E-state index is -2.05. The highest BCUT2D eigenvalue weighted by atomic mass is 16.7. The van der Waals surface area contributed by atoms with Gasteiger partial charge in [0.05, 0.1) is 26.8 Å². The fraction of sp³-hybridized carbons (Fsp3) is 0.562. The SMILES string of the molecule is [2H]C1([2H])N(Cc2ccc(OC)cc2)CCC(C(=O)O)C12OCCO2. The van der Waals surface area contributed by atoms with Crippen LogP contribution in [0.4, 0.5) is 0 Å². The van der Waals surface area contributed by atoms with Crippen LogP contribution in [0, 0.1) is 5.92 Å². The van der Waals surface area contributed by atoms with Crippen molar-refractivity contribution in [3.05, 3.63) is 29.8 Å². The van der Waals surface area contributed by atoms with E-state index in [1.165, 1.54) is 0 Å². The maximum absolute atomic E-state index is 11.6. The average molecular weight is 309 g/mol. The van der Waals surface area contributed by atoms with E-state index in [1.807, 2.05) is 24.3 Å². The molecule has 2 heterocycles. The summed E-state index contributed by atoms with van der Waals surface area (Å²) in [7, 11) is 1.59. The lowest BCUT2D eigenvalue weighted by atomic mass is 9.90. The molecule has 1 atom stereocenters. The molecule has 2 saturated heterocycles. The first kappa shape index (κ1) is 12.9. The number of aliphatic carboxylic acids is 1. The first-order chi connectivity index (χ1) is 11.4. The monoisotopic (exact) mass is 309 g/mol. The molecule has 0 bridgehead atoms. The van der Waals surface area contributed by atoms with E-state index in [2.05, 4.69) is 0 Å². The number of benzene rings is 1. The lowest BCUT2D eigenvalue weighted by Gasteiger charge is -2.42. The number of carboxylic acids is 1. The summed E-state index contributed by atoms with van der Waals surface area (Å²) in [5.74, 6) is -3.15. The minimum absolute atomic E-state index is 0.194. The van der Waals surface area contributed by atoms with Crippen LogP contribution in [0.2, 0.25) is 0 Å². The van der Waals surface area contributed by atoms with Gasteiger partial charge in [-0.05, 0) is 30.7 Å². The zero-order chi connectivity index (χ0) is 17.4. The van der Waals surface area contributed by atoms with Gasteiger partial charge in [0.2, 0.25) is 0 Å². The number of carbonyl (C=O) groups is 1. The molecule has 0 amide bonds. The van der Waals surface area contributed by atoms with E-state index in [4.69, 9.17) is 17.0 Å². The van der Waals surface area contributed by atoms with Crippen LogP contribution in [0.5, 0.6) is 5.75 Å². The van der Waals surface area contributed by atoms with Crippen molar-refractivity contribution in [1.29, 1.82) is 0 Å². The van der Waals surface area contributed by atoms with E-state index < -0.39 is 24.2 Å². The first-order valence-corrected chi connectivity index (χ1v) is 7.29. The molecule has 6 heteroatoms. The minimum Gasteiger partial charge on any atom is -0.497 e. The second-order valence-electron chi connectivity index (χ2n) is 5.43. The van der Waals surface area contributed by atoms with Gasteiger partial charge < -0.3 is 19.3 Å². The van der Waals surface area contributed by atoms with E-state index >= 15 is 0 Å². The molecule has 0 saturated carbocycles. The highest BCUT2D eigenvalue weighted by Crippen LogP contribution is 2.36. The molecule has 2 fully saturated rings. The molecule has 1 N–H and O–H groups in total. The summed E-state index contributed by atoms with van der Waals surface area (Å²) in [6.07, 6.45) is 0.269. The molecule has 120 valence electrons. The Bertz CT molecular complexity index is 601. The van der Waals surface area contributed by atoms with Crippen LogP contribution >= 0.6 is 0 Å². The number of ether oxygens (including phenoxy) is 3. The summed E-state index contributed by atoms with van der Waals surface area (Å²) in [4.78, 5) is 13.2. The Morgan fingerprint density at radius 1 is 1.45 bits per heavy atom. The predicted molar refractivity (Wildman–Crippen MR) is 78.6 cm³/mol. The summed E-state index contributed by atoms with van der Waals surface area (Å²) in [5.41, 5.74) is 0.904. The van der Waals surface area contributed by atoms with Crippen molar-refractivity contribution in [2.45, 2.75) is 18.8 Å². The Hall–Kier alpha value is -1.63. The molecule has 0 aliphatic carbocycles. The van der Waals surface area contributed by atoms with Gasteiger partial charge in [0.25, 0.3) is 0 Å². The predicted octanol–water partition coefficient (Wildman–Crippen LogP) is 1.34. The Morgan fingerprint density at radius 2 is 2.14 bits per heavy atom. The normalized spacial score (nSPS) is 28.1. The van der Waals surface area contributed by atoms with Gasteiger partial charge in [-0.3, -0.25) is 9.69 Å². The van der Waals surface area contributed by atoms with Crippen LogP contribution in [0.3, 0.4) is 0 Å². The maximum atomic E-state index is 11.6. The van der Waals surface area contributed by atoms with Gasteiger partial charge >= 0.3 is 5.97 Å². The van der Waals surface area contributed by atoms with Gasteiger partial charge in [0, 0.05) is 9.29 Å². The molecule has 1 aromatic carbocycles. The Labute approximate surface area is 132 Å². The van der Waals surface area contributed by atoms with Gasteiger partial charge in [-0.25, -0.2) is 0 Å². The number of rotatable bonds is 4. The van der Waals surface area contributed by atoms with Crippen molar-refractivity contribution < 1.29 is 26.9 Å². The van der Waals surface area contributed by atoms with Crippen molar-refractivity contribution in [2.24, 2.45) is 5.92 Å². The molecular weight excluding hydrogens is 286 g/mol. The van der Waals surface area contributed by atoms with E-state index in [0.717, 1.165) is 11.3 Å². The van der Waals surface area contributed by atoms with Crippen molar-refractivity contribution >= 4 is 5.97 Å². The highest BCUT2D eigenvalue weighted by molar-refractivity contribution is 5.71. The van der Waals surface area contributed by atoms with Gasteiger partial charge in [-0.15, -0.1) is 0 Å². The quantitative estimate of drug-likeness (QED) is 0.905. The second kappa shape index (κ2) is 6.24. The smallest absolute Gasteiger partial charge is 0.312 e. The maximum Gasteiger partial charge on any atom is 0.312 e. The third-order valence-corrected chi connectivity index (χ3v) is 4.01. The number of hydrogen-bond donors (Lipinski definition) is 1. The average Bonchev–Trinajstić information content (AvgIpc) is 3.04. The fourth-order valence-corrected chi connectivity index (χ4v) is 2.88. The van der Waals surface area contributed by atoms with Crippen molar-refractivity contribution in [2.75, 3.05) is 33.4 Å². The molecule has 2 aliphatic rings. The molecule has 1 unspecified atom stereocenters. The Balaban J connectivity index is 1.85. The van der Waals surface area contributed by atoms with E-state index in [1.54, 1.807) is 12.0 Å². The molecule has 2 aliphatic heterocycles. The van der Waals surface area contributed by atoms with Crippen molar-refractivity contribution in [3.63, 3.8) is 0 Å². The number of likely N-dealkylation sites (tertiary alicyclic amines) is 1. The van der Waals surface area contributed by atoms with Crippen LogP contribution in [0.25, 0.3) is 0 Å². The number of carboxylic acid groups (broad SMARTS) is 1. The van der Waals surface area contributed by atoms with E-state index in [-0.39, 0.29) is 19.6 Å². The lowest BCUT2D eigenvalue weighted by Crippen LogP contribution is -2.56. The summed E-state index contributed by atoms with van der Waals surface area (Å²) >= 11 is 0. The number of piperidine rings is 1. The molecule has 3 rings (SSSR count). The first-order valence-electron chi connectivity index (χ1n) is 8.29. The lowest BCUT2D eigenvalue weighted by molar-refractivity contribution is -0.229. The van der Waals surface area contributed by atoms with Gasteiger partial charge in [-0.1, -0.05) is 12.1 Å². The zero-order valence-corrected chi connectivity index (χ0v) is 12.4. The number of methoxy groups -OCH3 is 1. The van der Waals surface area contributed by atoms with Gasteiger partial charge in [0.15, 0.2) is 5.79 Å². The Morgan fingerprint density at radius 3 is 2.73 bits per heavy atom. The fourth-order valence-electron chi connectivity index (χ4n) is 2.88. The van der Waals surface area contributed by atoms with Crippen molar-refractivity contribution in [3.8, 4) is 5.75 Å². The highest BCUT2D eigenvalue weighted by Gasteiger charge is 2.51. The summed E-state index contributed by atoms with van der Waals surface area (Å²) in [6.45, 7) is -1.02. The van der Waals surface area contributed by atoms with Crippen LogP contribution in [0.1, 0.15) is 14.7 Å². The molecule has 0 aromatic heterocycles. The van der Waals surface area contributed by atoms with Gasteiger partial charge in [-0.2, -0.15) is 0 Å². The van der Waals surface area contributed by atoms with E-state index in [0.29, 0.717) is 13.1 Å². The molecule has 0 radical (unpaired) electrons. The van der Waals surface area contributed by atoms with Crippen molar-refractivity contribution in [1.82, 2.24) is 4.90 Å². The molecular formula is C16H21NO5. The third kappa shape index (κ3) is 2.95. The molecule has 1 aromatic rings. The van der Waals surface area contributed by atoms with Crippen LogP contribution in [-0.2, 0) is 20.8 Å². The number of hydrogen-bond acceptors (Lipinski definition) is 5. The summed E-state index contributed by atoms with van der Waals surface area (Å²) < 4.78 is 33.3. The molecule has 22 heavy (non-hydrogen) atoms. The second-order valence-corrected chi connectivity index (χ2v) is 5.43. The third-order valence-electron chi connectivity index (χ3n) is 4.01. The van der Waals surface area contributed by atoms with Crippen LogP contribution in [0.15, 0.2) is 24.3 Å². The summed E-state index contributed by atoms with van der Waals surface area (Å²) in [6, 6.07) is 7.35. The van der Waals surface area contributed by atoms with Crippen LogP contribution in [-0.4, -0.2) is 55.1 Å². The summed E-state index contributed by atoms with van der Waals surface area (Å²) in [5, 5.41) is 9.47. The zero-order valence-electron chi connectivity index (χ0n) is 14.4. The molecule has 1 spiro atoms.